The summed E-state index contributed by atoms with van der Waals surface area (Å²) in [6.45, 7) is 4.37. The van der Waals surface area contributed by atoms with Crippen LogP contribution in [-0.2, 0) is 19.5 Å². The number of hydrogen-bond donors (Lipinski definition) is 0. The second kappa shape index (κ2) is 7.97. The molecular formula is C22H20F3N5O4. The van der Waals surface area contributed by atoms with Gasteiger partial charge in [0.2, 0.25) is 0 Å². The van der Waals surface area contributed by atoms with Crippen LogP contribution in [0, 0.1) is 10.1 Å². The maximum absolute atomic E-state index is 12.5. The number of aromatic nitrogens is 3. The third-order valence-corrected chi connectivity index (χ3v) is 5.81. The Bertz CT molecular complexity index is 1240. The van der Waals surface area contributed by atoms with Crippen LogP contribution < -0.4 is 9.47 Å². The van der Waals surface area contributed by atoms with Gasteiger partial charge >= 0.3 is 18.2 Å². The highest BCUT2D eigenvalue weighted by Crippen LogP contribution is 2.33. The third kappa shape index (κ3) is 4.53. The van der Waals surface area contributed by atoms with Gasteiger partial charge in [-0.1, -0.05) is 18.2 Å². The Hall–Kier alpha value is -3.67. The molecule has 0 amide bonds. The number of rotatable bonds is 5. The van der Waals surface area contributed by atoms with E-state index in [0.717, 1.165) is 17.8 Å². The second-order valence-corrected chi connectivity index (χ2v) is 8.66. The van der Waals surface area contributed by atoms with Gasteiger partial charge in [-0.25, -0.2) is 0 Å². The van der Waals surface area contributed by atoms with E-state index in [1.165, 1.54) is 24.4 Å². The Balaban J connectivity index is 1.26. The van der Waals surface area contributed by atoms with Gasteiger partial charge in [-0.2, -0.15) is 0 Å². The molecule has 2 aliphatic heterocycles. The average molecular weight is 475 g/mol. The Kier molecular flexibility index (Phi) is 5.19. The van der Waals surface area contributed by atoms with Gasteiger partial charge in [0.25, 0.3) is 0 Å². The Morgan fingerprint density at radius 3 is 2.82 bits per heavy atom. The number of alkyl halides is 3. The molecule has 12 heteroatoms. The summed E-state index contributed by atoms with van der Waals surface area (Å²) < 4.78 is 49.2. The lowest BCUT2D eigenvalue weighted by molar-refractivity contribution is -0.389. The molecule has 34 heavy (non-hydrogen) atoms. The van der Waals surface area contributed by atoms with Crippen LogP contribution in [0.4, 0.5) is 19.0 Å². The molecule has 5 rings (SSSR count). The number of fused-ring (bicyclic) bond motifs is 2. The fourth-order valence-electron chi connectivity index (χ4n) is 4.46. The zero-order chi connectivity index (χ0) is 24.1. The molecule has 0 fully saturated rings. The number of hydrogen-bond acceptors (Lipinski definition) is 7. The van der Waals surface area contributed by atoms with Crippen LogP contribution in [0.25, 0.3) is 11.3 Å². The van der Waals surface area contributed by atoms with Gasteiger partial charge in [-0.15, -0.1) is 13.2 Å². The van der Waals surface area contributed by atoms with E-state index in [1.54, 1.807) is 16.7 Å². The van der Waals surface area contributed by atoms with Crippen molar-refractivity contribution in [3.8, 4) is 23.0 Å². The van der Waals surface area contributed by atoms with Gasteiger partial charge < -0.3 is 19.6 Å². The molecule has 178 valence electrons. The molecule has 0 aliphatic carbocycles. The van der Waals surface area contributed by atoms with Gasteiger partial charge in [0.1, 0.15) is 17.5 Å². The Morgan fingerprint density at radius 2 is 2.09 bits per heavy atom. The number of imidazole rings is 1. The van der Waals surface area contributed by atoms with Crippen molar-refractivity contribution in [2.45, 2.75) is 38.4 Å². The van der Waals surface area contributed by atoms with Crippen molar-refractivity contribution in [3.63, 3.8) is 0 Å². The molecule has 9 nitrogen and oxygen atoms in total. The number of halogens is 3. The lowest BCUT2D eigenvalue weighted by atomic mass is 10.0. The summed E-state index contributed by atoms with van der Waals surface area (Å²) in [6.07, 6.45) is -2.70. The molecule has 0 saturated carbocycles. The molecule has 2 aliphatic rings. The molecule has 0 bridgehead atoms. The second-order valence-electron chi connectivity index (χ2n) is 8.66. The molecule has 4 heterocycles. The predicted molar refractivity (Wildman–Crippen MR) is 113 cm³/mol. The summed E-state index contributed by atoms with van der Waals surface area (Å²) >= 11 is 0. The van der Waals surface area contributed by atoms with E-state index >= 15 is 0 Å². The van der Waals surface area contributed by atoms with Gasteiger partial charge in [0.15, 0.2) is 0 Å². The van der Waals surface area contributed by atoms with E-state index in [2.05, 4.69) is 19.6 Å². The van der Waals surface area contributed by atoms with Gasteiger partial charge in [0, 0.05) is 42.3 Å². The molecule has 1 atom stereocenters. The van der Waals surface area contributed by atoms with Gasteiger partial charge in [-0.3, -0.25) is 14.5 Å². The monoisotopic (exact) mass is 475 g/mol. The average Bonchev–Trinajstić information content (AvgIpc) is 3.27. The van der Waals surface area contributed by atoms with E-state index in [4.69, 9.17) is 4.74 Å². The number of nitrogens with zero attached hydrogens (tertiary/aromatic N) is 5. The quantitative estimate of drug-likeness (QED) is 0.407. The van der Waals surface area contributed by atoms with E-state index in [-0.39, 0.29) is 17.6 Å². The van der Waals surface area contributed by atoms with Gasteiger partial charge in [0.05, 0.1) is 12.2 Å². The fraction of sp³-hybridized carbons (Fsp3) is 0.364. The first kappa shape index (κ1) is 22.1. The minimum atomic E-state index is -4.75. The topological polar surface area (TPSA) is 95.6 Å². The highest BCUT2D eigenvalue weighted by atomic mass is 19.4. The molecule has 0 spiro atoms. The summed E-state index contributed by atoms with van der Waals surface area (Å²) in [5, 5.41) is 10.9. The molecule has 0 N–H and O–H groups in total. The lowest BCUT2D eigenvalue weighted by Crippen LogP contribution is -2.46. The fourth-order valence-corrected chi connectivity index (χ4v) is 4.46. The normalized spacial score (nSPS) is 19.9. The number of benzene rings is 1. The first-order valence-corrected chi connectivity index (χ1v) is 10.5. The standard InChI is InChI=1S/C22H20F3N5O4/c1-21(13-29-11-19(30(31)32)27-20(29)34-21)12-28-8-7-18-15(10-28)5-6-17(26-18)14-3-2-4-16(9-14)33-22(23,24)25/h2-6,9,11H,7-8,10,12-13H2,1H3. The number of nitro groups is 1. The molecule has 2 aromatic heterocycles. The number of ether oxygens (including phenoxy) is 2. The summed E-state index contributed by atoms with van der Waals surface area (Å²) in [4.78, 5) is 21.2. The van der Waals surface area contributed by atoms with Crippen molar-refractivity contribution in [3.05, 3.63) is 64.0 Å². The van der Waals surface area contributed by atoms with E-state index in [0.29, 0.717) is 37.3 Å². The van der Waals surface area contributed by atoms with Crippen molar-refractivity contribution >= 4 is 5.82 Å². The largest absolute Gasteiger partial charge is 0.573 e. The smallest absolute Gasteiger partial charge is 0.436 e. The zero-order valence-corrected chi connectivity index (χ0v) is 18.1. The van der Waals surface area contributed by atoms with Crippen LogP contribution in [0.1, 0.15) is 18.2 Å². The first-order chi connectivity index (χ1) is 16.1. The summed E-state index contributed by atoms with van der Waals surface area (Å²) in [5.74, 6) is -0.521. The van der Waals surface area contributed by atoms with Crippen molar-refractivity contribution in [1.82, 2.24) is 19.4 Å². The third-order valence-electron chi connectivity index (χ3n) is 5.81. The van der Waals surface area contributed by atoms with Crippen molar-refractivity contribution in [2.24, 2.45) is 0 Å². The van der Waals surface area contributed by atoms with E-state index in [1.807, 2.05) is 13.0 Å². The SMILES string of the molecule is CC1(CN2CCc3nc(-c4cccc(OC(F)(F)F)c4)ccc3C2)Cn2cc([N+](=O)[O-])nc2O1. The van der Waals surface area contributed by atoms with Gasteiger partial charge in [-0.05, 0) is 35.6 Å². The summed E-state index contributed by atoms with van der Waals surface area (Å²) in [6, 6.07) is 9.74. The van der Waals surface area contributed by atoms with Crippen molar-refractivity contribution in [2.75, 3.05) is 13.1 Å². The number of pyridine rings is 1. The summed E-state index contributed by atoms with van der Waals surface area (Å²) in [7, 11) is 0. The molecule has 0 saturated heterocycles. The maximum Gasteiger partial charge on any atom is 0.573 e. The highest BCUT2D eigenvalue weighted by molar-refractivity contribution is 5.61. The molecule has 3 aromatic rings. The van der Waals surface area contributed by atoms with Crippen LogP contribution >= 0.6 is 0 Å². The van der Waals surface area contributed by atoms with Crippen LogP contribution in [0.15, 0.2) is 42.6 Å². The predicted octanol–water partition coefficient (Wildman–Crippen LogP) is 3.96. The van der Waals surface area contributed by atoms with E-state index in [9.17, 15) is 23.3 Å². The van der Waals surface area contributed by atoms with Crippen LogP contribution in [-0.4, -0.2) is 49.4 Å². The van der Waals surface area contributed by atoms with Crippen LogP contribution in [0.5, 0.6) is 11.8 Å². The first-order valence-electron chi connectivity index (χ1n) is 10.5. The Morgan fingerprint density at radius 1 is 1.26 bits per heavy atom. The highest BCUT2D eigenvalue weighted by Gasteiger charge is 2.42. The van der Waals surface area contributed by atoms with Crippen LogP contribution in [0.3, 0.4) is 0 Å². The van der Waals surface area contributed by atoms with Crippen molar-refractivity contribution < 1.29 is 27.6 Å². The van der Waals surface area contributed by atoms with E-state index < -0.39 is 16.9 Å². The lowest BCUT2D eigenvalue weighted by Gasteiger charge is -2.34. The minimum Gasteiger partial charge on any atom is -0.436 e. The molecular weight excluding hydrogens is 455 g/mol. The molecule has 0 radical (unpaired) electrons. The zero-order valence-electron chi connectivity index (χ0n) is 18.1. The maximum atomic E-state index is 12.5. The minimum absolute atomic E-state index is 0.235. The Labute approximate surface area is 191 Å². The molecule has 1 unspecified atom stereocenters. The van der Waals surface area contributed by atoms with Crippen LogP contribution in [0.2, 0.25) is 0 Å². The molecule has 1 aromatic carbocycles. The summed E-state index contributed by atoms with van der Waals surface area (Å²) in [5.41, 5.74) is 2.49. The van der Waals surface area contributed by atoms with Crippen molar-refractivity contribution in [1.29, 1.82) is 0 Å².